The fourth-order valence-corrected chi connectivity index (χ4v) is 5.48. The van der Waals surface area contributed by atoms with Gasteiger partial charge in [-0.1, -0.05) is 33.1 Å². The number of ether oxygens (including phenoxy) is 2. The number of benzene rings is 1. The molecule has 3 rings (SSSR count). The van der Waals surface area contributed by atoms with Gasteiger partial charge in [-0.05, 0) is 71.2 Å². The molecule has 6 nitrogen and oxygen atoms in total. The Morgan fingerprint density at radius 1 is 1.14 bits per heavy atom. The second-order valence-corrected chi connectivity index (χ2v) is 11.7. The number of esters is 2. The van der Waals surface area contributed by atoms with E-state index in [1.54, 1.807) is 0 Å². The first kappa shape index (κ1) is 31.1. The number of unbranched alkanes of at least 4 members (excludes halogenated alkanes) is 1. The van der Waals surface area contributed by atoms with Crippen LogP contribution < -0.4 is 4.90 Å². The summed E-state index contributed by atoms with van der Waals surface area (Å²) in [7, 11) is 0. The molecule has 0 radical (unpaired) electrons. The Labute approximate surface area is 223 Å². The molecule has 2 aliphatic heterocycles. The third kappa shape index (κ3) is 9.91. The number of halogens is 1. The summed E-state index contributed by atoms with van der Waals surface area (Å²) < 4.78 is 23.8. The summed E-state index contributed by atoms with van der Waals surface area (Å²) in [5.41, 5.74) is 0.525. The molecule has 7 heteroatoms. The van der Waals surface area contributed by atoms with Gasteiger partial charge in [0.1, 0.15) is 17.5 Å². The lowest BCUT2D eigenvalue weighted by Gasteiger charge is -2.41. The minimum Gasteiger partial charge on any atom is -0.462 e. The number of piperazine rings is 1. The van der Waals surface area contributed by atoms with E-state index >= 15 is 0 Å². The third-order valence-electron chi connectivity index (χ3n) is 7.21. The van der Waals surface area contributed by atoms with Crippen molar-refractivity contribution in [2.24, 2.45) is 5.41 Å². The third-order valence-corrected chi connectivity index (χ3v) is 7.21. The Kier molecular flexibility index (Phi) is 11.9. The van der Waals surface area contributed by atoms with Crippen LogP contribution in [0.2, 0.25) is 0 Å². The van der Waals surface area contributed by atoms with Crippen LogP contribution >= 0.6 is 0 Å². The minimum absolute atomic E-state index is 0.0481. The number of hydrogen-bond donors (Lipinski definition) is 0. The van der Waals surface area contributed by atoms with E-state index in [2.05, 4.69) is 30.6 Å². The Balaban J connectivity index is 0.000000521. The van der Waals surface area contributed by atoms with E-state index < -0.39 is 0 Å². The summed E-state index contributed by atoms with van der Waals surface area (Å²) in [5, 5.41) is 0. The van der Waals surface area contributed by atoms with Gasteiger partial charge in [0, 0.05) is 51.3 Å². The molecule has 2 heterocycles. The smallest absolute Gasteiger partial charge is 0.312 e. The number of hydrogen-bond acceptors (Lipinski definition) is 6. The molecule has 3 atom stereocenters. The highest BCUT2D eigenvalue weighted by Gasteiger charge is 2.47. The monoisotopic (exact) mass is 520 g/mol. The molecule has 1 aromatic carbocycles. The molecule has 2 fully saturated rings. The Morgan fingerprint density at radius 2 is 1.81 bits per heavy atom. The summed E-state index contributed by atoms with van der Waals surface area (Å²) >= 11 is 0. The number of carbonyl (C=O) groups is 2. The number of anilines is 1. The lowest BCUT2D eigenvalue weighted by molar-refractivity contribution is -0.152. The first-order chi connectivity index (χ1) is 17.4. The normalized spacial score (nSPS) is 24.3. The summed E-state index contributed by atoms with van der Waals surface area (Å²) in [5.74, 6) is -0.367. The van der Waals surface area contributed by atoms with Crippen LogP contribution in [-0.2, 0) is 19.1 Å². The fourth-order valence-electron chi connectivity index (χ4n) is 5.48. The highest BCUT2D eigenvalue weighted by atomic mass is 19.1. The number of rotatable bonds is 9. The molecule has 37 heavy (non-hydrogen) atoms. The maximum atomic E-state index is 13.2. The van der Waals surface area contributed by atoms with Gasteiger partial charge in [-0.3, -0.25) is 14.5 Å². The number of cyclic esters (lactones) is 1. The Bertz CT molecular complexity index is 854. The molecule has 0 N–H and O–H groups in total. The molecular formula is C30H49FN2O4. The van der Waals surface area contributed by atoms with Crippen LogP contribution in [0.1, 0.15) is 93.4 Å². The molecule has 2 aliphatic rings. The summed E-state index contributed by atoms with van der Waals surface area (Å²) in [6.07, 6.45) is 7.06. The molecule has 210 valence electrons. The average molecular weight is 521 g/mol. The minimum atomic E-state index is -0.328. The molecule has 3 unspecified atom stereocenters. The van der Waals surface area contributed by atoms with Gasteiger partial charge in [-0.25, -0.2) is 4.39 Å². The van der Waals surface area contributed by atoms with Gasteiger partial charge in [0.2, 0.25) is 0 Å². The van der Waals surface area contributed by atoms with Gasteiger partial charge in [-0.2, -0.15) is 0 Å². The lowest BCUT2D eigenvalue weighted by atomic mass is 9.76. The van der Waals surface area contributed by atoms with Crippen LogP contribution in [0.4, 0.5) is 10.1 Å². The van der Waals surface area contributed by atoms with Crippen LogP contribution in [0.15, 0.2) is 24.3 Å². The zero-order valence-electron chi connectivity index (χ0n) is 24.1. The van der Waals surface area contributed by atoms with E-state index in [0.29, 0.717) is 6.04 Å². The van der Waals surface area contributed by atoms with Crippen LogP contribution in [0.25, 0.3) is 0 Å². The van der Waals surface area contributed by atoms with Crippen molar-refractivity contribution in [2.75, 3.05) is 31.1 Å². The molecule has 1 aromatic rings. The summed E-state index contributed by atoms with van der Waals surface area (Å²) in [6, 6.07) is 7.20. The van der Waals surface area contributed by atoms with Crippen molar-refractivity contribution in [2.45, 2.75) is 111 Å². The maximum absolute atomic E-state index is 13.2. The van der Waals surface area contributed by atoms with Crippen molar-refractivity contribution >= 4 is 17.6 Å². The van der Waals surface area contributed by atoms with Crippen LogP contribution in [0.5, 0.6) is 0 Å². The van der Waals surface area contributed by atoms with Crippen molar-refractivity contribution in [3.05, 3.63) is 30.1 Å². The molecule has 0 spiro atoms. The van der Waals surface area contributed by atoms with E-state index in [0.717, 1.165) is 76.8 Å². The van der Waals surface area contributed by atoms with Gasteiger partial charge in [0.15, 0.2) is 0 Å². The van der Waals surface area contributed by atoms with Gasteiger partial charge in [0.05, 0.1) is 5.41 Å². The summed E-state index contributed by atoms with van der Waals surface area (Å²) in [6.45, 7) is 17.4. The van der Waals surface area contributed by atoms with Crippen LogP contribution in [-0.4, -0.2) is 60.8 Å². The van der Waals surface area contributed by atoms with Crippen molar-refractivity contribution in [1.82, 2.24) is 4.90 Å². The topological polar surface area (TPSA) is 59.1 Å². The molecule has 2 saturated heterocycles. The summed E-state index contributed by atoms with van der Waals surface area (Å²) in [4.78, 5) is 27.7. The highest BCUT2D eigenvalue weighted by molar-refractivity contribution is 5.79. The molecular weight excluding hydrogens is 471 g/mol. The van der Waals surface area contributed by atoms with E-state index in [9.17, 15) is 14.0 Å². The highest BCUT2D eigenvalue weighted by Crippen LogP contribution is 2.43. The van der Waals surface area contributed by atoms with Crippen molar-refractivity contribution < 1.29 is 23.5 Å². The molecule has 0 aliphatic carbocycles. The van der Waals surface area contributed by atoms with E-state index in [4.69, 9.17) is 9.47 Å². The molecule has 0 aromatic heterocycles. The fraction of sp³-hybridized carbons (Fsp3) is 0.733. The van der Waals surface area contributed by atoms with Gasteiger partial charge in [-0.15, -0.1) is 0 Å². The zero-order valence-corrected chi connectivity index (χ0v) is 24.1. The average Bonchev–Trinajstić information content (AvgIpc) is 3.11. The van der Waals surface area contributed by atoms with Crippen LogP contribution in [0.3, 0.4) is 0 Å². The predicted octanol–water partition coefficient (Wildman–Crippen LogP) is 6.37. The van der Waals surface area contributed by atoms with Gasteiger partial charge >= 0.3 is 11.9 Å². The molecule has 0 amide bonds. The predicted molar refractivity (Wildman–Crippen MR) is 147 cm³/mol. The van der Waals surface area contributed by atoms with Crippen molar-refractivity contribution in [3.63, 3.8) is 0 Å². The zero-order chi connectivity index (χ0) is 27.6. The Hall–Kier alpha value is -2.15. The van der Waals surface area contributed by atoms with E-state index in [1.165, 1.54) is 19.1 Å². The van der Waals surface area contributed by atoms with Gasteiger partial charge < -0.3 is 14.4 Å². The number of carbonyl (C=O) groups excluding carboxylic acids is 2. The molecule has 0 bridgehead atoms. The maximum Gasteiger partial charge on any atom is 0.312 e. The van der Waals surface area contributed by atoms with E-state index in [1.807, 2.05) is 32.9 Å². The van der Waals surface area contributed by atoms with Crippen molar-refractivity contribution in [1.29, 1.82) is 0 Å². The van der Waals surface area contributed by atoms with Crippen molar-refractivity contribution in [3.8, 4) is 0 Å². The first-order valence-corrected chi connectivity index (χ1v) is 14.0. The Morgan fingerprint density at radius 3 is 2.32 bits per heavy atom. The standard InChI is InChI=1S/C24H37FN2O2.C6H12O2/c1-4-6-13-24(12-5-2)17-22(29-23(24)28)11-14-26-15-16-27(18-19(26)3)21-9-7-20(25)8-10-21;1-5(7)8-6(2,3)4/h7-10,19,22H,4-6,11-18H2,1-3H3;1-4H3. The number of nitrogens with zero attached hydrogens (tertiary/aromatic N) is 2. The van der Waals surface area contributed by atoms with Gasteiger partial charge in [0.25, 0.3) is 0 Å². The second kappa shape index (κ2) is 14.1. The lowest BCUT2D eigenvalue weighted by Crippen LogP contribution is -2.52. The van der Waals surface area contributed by atoms with E-state index in [-0.39, 0.29) is 34.9 Å². The first-order valence-electron chi connectivity index (χ1n) is 14.0. The quantitative estimate of drug-likeness (QED) is 0.353. The molecule has 0 saturated carbocycles. The second-order valence-electron chi connectivity index (χ2n) is 11.7. The van der Waals surface area contributed by atoms with Crippen LogP contribution in [0, 0.1) is 11.2 Å². The largest absolute Gasteiger partial charge is 0.462 e. The SMILES string of the molecule is CC(=O)OC(C)(C)C.CCCCC1(CCC)CC(CCN2CCN(c3ccc(F)cc3)CC2C)OC1=O.